The Bertz CT molecular complexity index is 1050. The van der Waals surface area contributed by atoms with Crippen molar-refractivity contribution in [1.29, 1.82) is 5.26 Å². The summed E-state index contributed by atoms with van der Waals surface area (Å²) in [6.45, 7) is 0.106. The Morgan fingerprint density at radius 2 is 1.96 bits per heavy atom. The molecular formula is C17H14N4O4S. The topological polar surface area (TPSA) is 126 Å². The second-order valence-electron chi connectivity index (χ2n) is 5.38. The van der Waals surface area contributed by atoms with Crippen LogP contribution in [0.3, 0.4) is 0 Å². The van der Waals surface area contributed by atoms with E-state index >= 15 is 0 Å². The quantitative estimate of drug-likeness (QED) is 0.480. The largest absolute Gasteiger partial charge is 0.504 e. The molecule has 0 saturated heterocycles. The van der Waals surface area contributed by atoms with Crippen LogP contribution in [0.25, 0.3) is 0 Å². The van der Waals surface area contributed by atoms with Crippen LogP contribution in [0, 0.1) is 11.3 Å². The van der Waals surface area contributed by atoms with E-state index in [2.05, 4.69) is 9.50 Å². The summed E-state index contributed by atoms with van der Waals surface area (Å²) >= 11 is 0. The summed E-state index contributed by atoms with van der Waals surface area (Å²) in [6.07, 6.45) is 1.35. The maximum absolute atomic E-state index is 12.2. The number of phenols is 2. The normalized spacial score (nSPS) is 14.7. The molecular weight excluding hydrogens is 356 g/mol. The number of aromatic hydroxyl groups is 2. The van der Waals surface area contributed by atoms with Crippen molar-refractivity contribution in [3.8, 4) is 17.6 Å². The van der Waals surface area contributed by atoms with Crippen molar-refractivity contribution >= 4 is 22.1 Å². The first-order valence-corrected chi connectivity index (χ1v) is 9.02. The van der Waals surface area contributed by atoms with E-state index in [0.717, 1.165) is 0 Å². The van der Waals surface area contributed by atoms with Gasteiger partial charge < -0.3 is 10.2 Å². The Labute approximate surface area is 150 Å². The van der Waals surface area contributed by atoms with Crippen LogP contribution >= 0.6 is 0 Å². The van der Waals surface area contributed by atoms with Gasteiger partial charge >= 0.3 is 0 Å². The Kier molecular flexibility index (Phi) is 4.60. The number of sulfonamides is 1. The Morgan fingerprint density at radius 3 is 2.73 bits per heavy atom. The molecule has 3 rings (SSSR count). The van der Waals surface area contributed by atoms with Crippen LogP contribution in [-0.4, -0.2) is 42.2 Å². The molecule has 0 atom stereocenters. The Hall–Kier alpha value is -3.38. The van der Waals surface area contributed by atoms with E-state index in [0.29, 0.717) is 5.56 Å². The van der Waals surface area contributed by atoms with Crippen molar-refractivity contribution in [2.45, 2.75) is 11.3 Å². The van der Waals surface area contributed by atoms with Crippen LogP contribution in [0.2, 0.25) is 0 Å². The number of phenolic OH excluding ortho intramolecular Hbond substituents is 2. The van der Waals surface area contributed by atoms with Crippen molar-refractivity contribution in [1.82, 2.24) is 5.01 Å². The maximum atomic E-state index is 12.2. The van der Waals surface area contributed by atoms with Crippen LogP contribution in [-0.2, 0) is 10.0 Å². The van der Waals surface area contributed by atoms with E-state index < -0.39 is 10.0 Å². The molecule has 0 saturated carbocycles. The second kappa shape index (κ2) is 6.85. The third-order valence-electron chi connectivity index (χ3n) is 3.67. The fourth-order valence-corrected chi connectivity index (χ4v) is 3.64. The zero-order valence-corrected chi connectivity index (χ0v) is 14.3. The van der Waals surface area contributed by atoms with E-state index in [4.69, 9.17) is 5.26 Å². The molecule has 2 N–H and O–H groups in total. The number of fused-ring (bicyclic) bond motifs is 1. The highest BCUT2D eigenvalue weighted by atomic mass is 32.2. The summed E-state index contributed by atoms with van der Waals surface area (Å²) in [5, 5.41) is 33.7. The van der Waals surface area contributed by atoms with Gasteiger partial charge in [-0.25, -0.2) is 5.01 Å². The smallest absolute Gasteiger partial charge is 0.285 e. The molecule has 2 aromatic carbocycles. The monoisotopic (exact) mass is 370 g/mol. The van der Waals surface area contributed by atoms with E-state index in [-0.39, 0.29) is 40.8 Å². The summed E-state index contributed by atoms with van der Waals surface area (Å²) in [5.74, 6) is -0.548. The number of para-hydroxylation sites is 1. The lowest BCUT2D eigenvalue weighted by molar-refractivity contribution is 0.403. The molecule has 2 aromatic rings. The zero-order chi connectivity index (χ0) is 18.7. The molecule has 0 bridgehead atoms. The van der Waals surface area contributed by atoms with Gasteiger partial charge in [0.2, 0.25) is 0 Å². The van der Waals surface area contributed by atoms with Crippen LogP contribution in [0.4, 0.5) is 0 Å². The summed E-state index contributed by atoms with van der Waals surface area (Å²) in [6, 6.07) is 12.7. The van der Waals surface area contributed by atoms with E-state index in [9.17, 15) is 18.6 Å². The minimum Gasteiger partial charge on any atom is -0.504 e. The standard InChI is InChI=1S/C17H14N4O4S/c18-9-4-10-21(19-11-12-5-3-7-14(22)16(12)23)17-13-6-1-2-8-15(13)26(24,25)20-17/h1-3,5-8,11,22-23H,4,10H2/b19-11-. The number of nitriles is 1. The first kappa shape index (κ1) is 17.4. The number of nitrogens with zero attached hydrogens (tertiary/aromatic N) is 4. The fourth-order valence-electron chi connectivity index (χ4n) is 2.43. The summed E-state index contributed by atoms with van der Waals surface area (Å²) in [7, 11) is -3.82. The van der Waals surface area contributed by atoms with Gasteiger partial charge in [-0.2, -0.15) is 18.8 Å². The van der Waals surface area contributed by atoms with Crippen LogP contribution in [0.5, 0.6) is 11.5 Å². The molecule has 1 aliphatic rings. The minimum atomic E-state index is -3.82. The van der Waals surface area contributed by atoms with Gasteiger partial charge in [-0.05, 0) is 24.3 Å². The number of hydrazone groups is 1. The summed E-state index contributed by atoms with van der Waals surface area (Å²) < 4.78 is 28.2. The van der Waals surface area contributed by atoms with Gasteiger partial charge in [0.1, 0.15) is 4.90 Å². The zero-order valence-electron chi connectivity index (χ0n) is 13.4. The number of amidine groups is 1. The van der Waals surface area contributed by atoms with Crippen LogP contribution in [0.1, 0.15) is 17.5 Å². The number of hydrogen-bond donors (Lipinski definition) is 2. The van der Waals surface area contributed by atoms with Crippen molar-refractivity contribution in [3.63, 3.8) is 0 Å². The van der Waals surface area contributed by atoms with E-state index in [1.54, 1.807) is 18.2 Å². The molecule has 0 aromatic heterocycles. The van der Waals surface area contributed by atoms with E-state index in [1.165, 1.54) is 35.5 Å². The number of hydrogen-bond acceptors (Lipinski definition) is 7. The SMILES string of the molecule is N#CCCN(/N=C\c1cccc(O)c1O)C1=NS(=O)(=O)c2ccccc21. The van der Waals surface area contributed by atoms with Gasteiger partial charge in [0.15, 0.2) is 17.3 Å². The van der Waals surface area contributed by atoms with Crippen molar-refractivity contribution in [2.24, 2.45) is 9.50 Å². The second-order valence-corrected chi connectivity index (χ2v) is 6.95. The Balaban J connectivity index is 2.01. The lowest BCUT2D eigenvalue weighted by atomic mass is 10.2. The molecule has 0 spiro atoms. The summed E-state index contributed by atoms with van der Waals surface area (Å²) in [5.41, 5.74) is 0.629. The lowest BCUT2D eigenvalue weighted by Gasteiger charge is -2.17. The summed E-state index contributed by atoms with van der Waals surface area (Å²) in [4.78, 5) is 0.0763. The van der Waals surface area contributed by atoms with Crippen molar-refractivity contribution in [2.75, 3.05) is 6.54 Å². The Morgan fingerprint density at radius 1 is 1.19 bits per heavy atom. The minimum absolute atomic E-state index is 0.0763. The van der Waals surface area contributed by atoms with Gasteiger partial charge in [0, 0.05) is 11.1 Å². The van der Waals surface area contributed by atoms with Gasteiger partial charge in [-0.3, -0.25) is 0 Å². The van der Waals surface area contributed by atoms with Gasteiger partial charge in [-0.15, -0.1) is 4.40 Å². The van der Waals surface area contributed by atoms with Crippen LogP contribution < -0.4 is 0 Å². The third-order valence-corrected chi connectivity index (χ3v) is 5.00. The van der Waals surface area contributed by atoms with Crippen molar-refractivity contribution in [3.05, 3.63) is 53.6 Å². The molecule has 9 heteroatoms. The van der Waals surface area contributed by atoms with Crippen molar-refractivity contribution < 1.29 is 18.6 Å². The third kappa shape index (κ3) is 3.22. The predicted octanol–water partition coefficient (Wildman–Crippen LogP) is 1.80. The first-order valence-electron chi connectivity index (χ1n) is 7.58. The molecule has 0 fully saturated rings. The molecule has 8 nitrogen and oxygen atoms in total. The number of rotatable bonds is 4. The first-order chi connectivity index (χ1) is 12.4. The van der Waals surface area contributed by atoms with Gasteiger partial charge in [-0.1, -0.05) is 18.2 Å². The average Bonchev–Trinajstić information content (AvgIpc) is 2.90. The van der Waals surface area contributed by atoms with Gasteiger partial charge in [0.25, 0.3) is 10.0 Å². The number of benzene rings is 2. The lowest BCUT2D eigenvalue weighted by Crippen LogP contribution is -2.27. The highest BCUT2D eigenvalue weighted by Gasteiger charge is 2.31. The van der Waals surface area contributed by atoms with Gasteiger partial charge in [0.05, 0.1) is 25.2 Å². The average molecular weight is 370 g/mol. The fraction of sp³-hybridized carbons (Fsp3) is 0.118. The highest BCUT2D eigenvalue weighted by molar-refractivity contribution is 7.90. The molecule has 1 heterocycles. The maximum Gasteiger partial charge on any atom is 0.285 e. The molecule has 1 aliphatic heterocycles. The molecule has 0 amide bonds. The molecule has 0 unspecified atom stereocenters. The molecule has 0 aliphatic carbocycles. The molecule has 26 heavy (non-hydrogen) atoms. The predicted molar refractivity (Wildman–Crippen MR) is 94.5 cm³/mol. The molecule has 0 radical (unpaired) electrons. The highest BCUT2D eigenvalue weighted by Crippen LogP contribution is 2.29. The van der Waals surface area contributed by atoms with E-state index in [1.807, 2.05) is 6.07 Å². The van der Waals surface area contributed by atoms with Crippen LogP contribution in [0.15, 0.2) is 56.9 Å². The molecule has 132 valence electrons.